The minimum Gasteiger partial charge on any atom is -0.295 e. The number of nitriles is 1. The van der Waals surface area contributed by atoms with Gasteiger partial charge in [-0.05, 0) is 30.7 Å². The summed E-state index contributed by atoms with van der Waals surface area (Å²) in [6.45, 7) is 4.97. The van der Waals surface area contributed by atoms with Crippen LogP contribution in [0.1, 0.15) is 32.3 Å². The van der Waals surface area contributed by atoms with Crippen molar-refractivity contribution in [3.63, 3.8) is 0 Å². The molecular formula is C14H18N2. The Morgan fingerprint density at radius 2 is 2.00 bits per heavy atom. The zero-order valence-corrected chi connectivity index (χ0v) is 9.96. The summed E-state index contributed by atoms with van der Waals surface area (Å²) < 4.78 is 0. The summed E-state index contributed by atoms with van der Waals surface area (Å²) in [5.74, 6) is 0. The topological polar surface area (TPSA) is 35.8 Å². The Balaban J connectivity index is 2.02. The van der Waals surface area contributed by atoms with Gasteiger partial charge in [-0.2, -0.15) is 5.26 Å². The van der Waals surface area contributed by atoms with Crippen molar-refractivity contribution in [3.8, 4) is 6.07 Å². The molecular weight excluding hydrogens is 196 g/mol. The van der Waals surface area contributed by atoms with Crippen LogP contribution in [-0.2, 0) is 6.54 Å². The maximum absolute atomic E-state index is 9.33. The van der Waals surface area contributed by atoms with Crippen LogP contribution in [0, 0.1) is 16.7 Å². The standard InChI is InChI=1S/C14H18N2/c1-13(8-9-13)14(2,11-15)16-10-12-6-4-3-5-7-12/h3-7,16H,8-10H2,1-2H3. The monoisotopic (exact) mass is 214 g/mol. The van der Waals surface area contributed by atoms with Crippen molar-refractivity contribution in [2.45, 2.75) is 38.8 Å². The van der Waals surface area contributed by atoms with Crippen LogP contribution in [0.4, 0.5) is 0 Å². The molecule has 84 valence electrons. The van der Waals surface area contributed by atoms with E-state index in [0.29, 0.717) is 0 Å². The molecule has 1 saturated carbocycles. The van der Waals surface area contributed by atoms with Gasteiger partial charge in [0.05, 0.1) is 6.07 Å². The summed E-state index contributed by atoms with van der Waals surface area (Å²) >= 11 is 0. The quantitative estimate of drug-likeness (QED) is 0.836. The van der Waals surface area contributed by atoms with E-state index in [1.807, 2.05) is 25.1 Å². The van der Waals surface area contributed by atoms with E-state index >= 15 is 0 Å². The lowest BCUT2D eigenvalue weighted by atomic mass is 9.85. The lowest BCUT2D eigenvalue weighted by Gasteiger charge is -2.30. The van der Waals surface area contributed by atoms with E-state index in [-0.39, 0.29) is 5.41 Å². The van der Waals surface area contributed by atoms with E-state index in [0.717, 1.165) is 19.4 Å². The molecule has 1 unspecified atom stereocenters. The van der Waals surface area contributed by atoms with Crippen LogP contribution in [0.25, 0.3) is 0 Å². The maximum Gasteiger partial charge on any atom is 0.109 e. The third-order valence-corrected chi connectivity index (χ3v) is 3.92. The Hall–Kier alpha value is -1.33. The summed E-state index contributed by atoms with van der Waals surface area (Å²) in [7, 11) is 0. The summed E-state index contributed by atoms with van der Waals surface area (Å²) in [4.78, 5) is 0. The summed E-state index contributed by atoms with van der Waals surface area (Å²) in [5, 5.41) is 12.7. The molecule has 1 aliphatic carbocycles. The highest BCUT2D eigenvalue weighted by molar-refractivity contribution is 5.21. The second kappa shape index (κ2) is 3.92. The van der Waals surface area contributed by atoms with E-state index < -0.39 is 5.54 Å². The number of hydrogen-bond donors (Lipinski definition) is 1. The highest BCUT2D eigenvalue weighted by Gasteiger charge is 2.53. The molecule has 0 bridgehead atoms. The third kappa shape index (κ3) is 1.96. The molecule has 1 aromatic carbocycles. The Morgan fingerprint density at radius 3 is 2.50 bits per heavy atom. The van der Waals surface area contributed by atoms with Gasteiger partial charge < -0.3 is 0 Å². The average Bonchev–Trinajstić information content (AvgIpc) is 3.07. The van der Waals surface area contributed by atoms with Gasteiger partial charge in [0.25, 0.3) is 0 Å². The second-order valence-electron chi connectivity index (χ2n) is 5.14. The van der Waals surface area contributed by atoms with Crippen molar-refractivity contribution in [2.75, 3.05) is 0 Å². The molecule has 1 aliphatic rings. The Kier molecular flexibility index (Phi) is 2.73. The van der Waals surface area contributed by atoms with Crippen molar-refractivity contribution in [3.05, 3.63) is 35.9 Å². The molecule has 1 atom stereocenters. The molecule has 2 nitrogen and oxygen atoms in total. The number of nitrogens with zero attached hydrogens (tertiary/aromatic N) is 1. The van der Waals surface area contributed by atoms with E-state index in [1.54, 1.807) is 0 Å². The zero-order valence-electron chi connectivity index (χ0n) is 9.96. The lowest BCUT2D eigenvalue weighted by molar-refractivity contribution is 0.294. The van der Waals surface area contributed by atoms with Crippen molar-refractivity contribution in [1.82, 2.24) is 5.32 Å². The van der Waals surface area contributed by atoms with Crippen LogP contribution in [0.15, 0.2) is 30.3 Å². The van der Waals surface area contributed by atoms with Crippen LogP contribution in [0.3, 0.4) is 0 Å². The van der Waals surface area contributed by atoms with Crippen molar-refractivity contribution < 1.29 is 0 Å². The third-order valence-electron chi connectivity index (χ3n) is 3.92. The fraction of sp³-hybridized carbons (Fsp3) is 0.500. The first-order valence-electron chi connectivity index (χ1n) is 5.80. The number of hydrogen-bond acceptors (Lipinski definition) is 2. The molecule has 0 amide bonds. The molecule has 0 aliphatic heterocycles. The van der Waals surface area contributed by atoms with Crippen LogP contribution in [-0.4, -0.2) is 5.54 Å². The van der Waals surface area contributed by atoms with Gasteiger partial charge in [0.1, 0.15) is 5.54 Å². The maximum atomic E-state index is 9.33. The predicted octanol–water partition coefficient (Wildman–Crippen LogP) is 2.86. The minimum absolute atomic E-state index is 0.163. The van der Waals surface area contributed by atoms with Gasteiger partial charge in [-0.1, -0.05) is 37.3 Å². The minimum atomic E-state index is -0.400. The fourth-order valence-corrected chi connectivity index (χ4v) is 1.95. The molecule has 0 heterocycles. The van der Waals surface area contributed by atoms with E-state index in [1.165, 1.54) is 5.56 Å². The Morgan fingerprint density at radius 1 is 1.38 bits per heavy atom. The molecule has 1 N–H and O–H groups in total. The summed E-state index contributed by atoms with van der Waals surface area (Å²) in [6.07, 6.45) is 2.30. The van der Waals surface area contributed by atoms with Crippen molar-refractivity contribution in [2.24, 2.45) is 5.41 Å². The van der Waals surface area contributed by atoms with Crippen LogP contribution in [0.2, 0.25) is 0 Å². The Bertz CT molecular complexity index is 400. The summed E-state index contributed by atoms with van der Waals surface area (Å²) in [5.41, 5.74) is 0.993. The molecule has 0 radical (unpaired) electrons. The molecule has 0 aromatic heterocycles. The fourth-order valence-electron chi connectivity index (χ4n) is 1.95. The van der Waals surface area contributed by atoms with E-state index in [4.69, 9.17) is 0 Å². The van der Waals surface area contributed by atoms with Gasteiger partial charge in [-0.25, -0.2) is 0 Å². The smallest absolute Gasteiger partial charge is 0.109 e. The number of nitrogens with one attached hydrogen (secondary N) is 1. The first kappa shape index (κ1) is 11.2. The first-order chi connectivity index (χ1) is 7.60. The van der Waals surface area contributed by atoms with Gasteiger partial charge in [0.2, 0.25) is 0 Å². The van der Waals surface area contributed by atoms with E-state index in [9.17, 15) is 5.26 Å². The zero-order chi connectivity index (χ0) is 11.6. The van der Waals surface area contributed by atoms with Gasteiger partial charge in [0.15, 0.2) is 0 Å². The van der Waals surface area contributed by atoms with Crippen LogP contribution < -0.4 is 5.32 Å². The second-order valence-corrected chi connectivity index (χ2v) is 5.14. The highest BCUT2D eigenvalue weighted by atomic mass is 15.0. The molecule has 0 saturated heterocycles. The van der Waals surface area contributed by atoms with E-state index in [2.05, 4.69) is 30.4 Å². The molecule has 1 aromatic rings. The summed E-state index contributed by atoms with van der Waals surface area (Å²) in [6, 6.07) is 12.7. The highest BCUT2D eigenvalue weighted by Crippen LogP contribution is 2.53. The number of rotatable bonds is 4. The van der Waals surface area contributed by atoms with Gasteiger partial charge in [0, 0.05) is 6.54 Å². The SMILES string of the molecule is CC1(C(C)(C#N)NCc2ccccc2)CC1. The predicted molar refractivity (Wildman–Crippen MR) is 64.6 cm³/mol. The normalized spacial score (nSPS) is 20.8. The first-order valence-corrected chi connectivity index (χ1v) is 5.80. The van der Waals surface area contributed by atoms with Crippen LogP contribution in [0.5, 0.6) is 0 Å². The van der Waals surface area contributed by atoms with Gasteiger partial charge >= 0.3 is 0 Å². The van der Waals surface area contributed by atoms with Crippen molar-refractivity contribution >= 4 is 0 Å². The van der Waals surface area contributed by atoms with Crippen molar-refractivity contribution in [1.29, 1.82) is 5.26 Å². The molecule has 16 heavy (non-hydrogen) atoms. The van der Waals surface area contributed by atoms with Gasteiger partial charge in [-0.15, -0.1) is 0 Å². The average molecular weight is 214 g/mol. The molecule has 2 heteroatoms. The lowest BCUT2D eigenvalue weighted by Crippen LogP contribution is -2.47. The van der Waals surface area contributed by atoms with Gasteiger partial charge in [-0.3, -0.25) is 5.32 Å². The molecule has 1 fully saturated rings. The molecule has 0 spiro atoms. The Labute approximate surface area is 97.3 Å². The molecule has 2 rings (SSSR count). The van der Waals surface area contributed by atoms with Crippen LogP contribution >= 0.6 is 0 Å². The number of benzene rings is 1. The largest absolute Gasteiger partial charge is 0.295 e.